The third-order valence-electron chi connectivity index (χ3n) is 4.33. The van der Waals surface area contributed by atoms with E-state index < -0.39 is 12.1 Å². The zero-order valence-corrected chi connectivity index (χ0v) is 13.6. The van der Waals surface area contributed by atoms with E-state index in [4.69, 9.17) is 5.73 Å². The van der Waals surface area contributed by atoms with E-state index in [-0.39, 0.29) is 12.5 Å². The second-order valence-electron chi connectivity index (χ2n) is 6.15. The standard InChI is InChI=1S/C17H22N4O3/c1-10(23)15(18)17(24)21-6-5-13-14(8-21)20-16(19-13)12-4-2-3-11(7-12)9-22/h2-4,7,10,15,22-23H,5-6,8-9,18H2,1H3,(H,19,20)/t10-,15+/m1/s1. The lowest BCUT2D eigenvalue weighted by atomic mass is 10.1. The quantitative estimate of drug-likeness (QED) is 0.637. The number of nitrogens with two attached hydrogens (primary N) is 1. The van der Waals surface area contributed by atoms with Crippen LogP contribution in [0, 0.1) is 0 Å². The molecule has 1 aromatic carbocycles. The Bertz CT molecular complexity index is 741. The smallest absolute Gasteiger partial charge is 0.242 e. The Morgan fingerprint density at radius 2 is 2.29 bits per heavy atom. The fourth-order valence-corrected chi connectivity index (χ4v) is 2.85. The molecule has 7 nitrogen and oxygen atoms in total. The van der Waals surface area contributed by atoms with Gasteiger partial charge in [-0.1, -0.05) is 18.2 Å². The van der Waals surface area contributed by atoms with Crippen LogP contribution in [0.4, 0.5) is 0 Å². The molecule has 0 saturated carbocycles. The fourth-order valence-electron chi connectivity index (χ4n) is 2.85. The zero-order valence-electron chi connectivity index (χ0n) is 13.6. The van der Waals surface area contributed by atoms with Crippen LogP contribution in [0.15, 0.2) is 24.3 Å². The number of carbonyl (C=O) groups excluding carboxylic acids is 1. The van der Waals surface area contributed by atoms with Crippen LogP contribution in [-0.4, -0.2) is 49.7 Å². The molecular weight excluding hydrogens is 308 g/mol. The molecule has 24 heavy (non-hydrogen) atoms. The van der Waals surface area contributed by atoms with E-state index in [1.165, 1.54) is 6.92 Å². The van der Waals surface area contributed by atoms with Crippen molar-refractivity contribution in [2.75, 3.05) is 6.54 Å². The molecule has 2 aromatic rings. The highest BCUT2D eigenvalue weighted by Crippen LogP contribution is 2.24. The molecule has 2 atom stereocenters. The number of fused-ring (bicyclic) bond motifs is 1. The van der Waals surface area contributed by atoms with Crippen molar-refractivity contribution in [1.29, 1.82) is 0 Å². The highest BCUT2D eigenvalue weighted by Gasteiger charge is 2.29. The van der Waals surface area contributed by atoms with Crippen molar-refractivity contribution in [3.63, 3.8) is 0 Å². The third kappa shape index (κ3) is 3.19. The second-order valence-corrected chi connectivity index (χ2v) is 6.15. The summed E-state index contributed by atoms with van der Waals surface area (Å²) < 4.78 is 0. The average molecular weight is 330 g/mol. The molecule has 1 aromatic heterocycles. The van der Waals surface area contributed by atoms with Crippen molar-refractivity contribution < 1.29 is 15.0 Å². The molecule has 0 unspecified atom stereocenters. The first-order valence-electron chi connectivity index (χ1n) is 8.00. The SMILES string of the molecule is C[C@@H](O)[C@H](N)C(=O)N1CCc2nc(-c3cccc(CO)c3)[nH]c2C1. The van der Waals surface area contributed by atoms with Gasteiger partial charge in [0.05, 0.1) is 30.6 Å². The fraction of sp³-hybridized carbons (Fsp3) is 0.412. The molecule has 0 spiro atoms. The Labute approximate surface area is 140 Å². The maximum atomic E-state index is 12.3. The molecule has 0 saturated heterocycles. The van der Waals surface area contributed by atoms with Crippen LogP contribution < -0.4 is 5.73 Å². The van der Waals surface area contributed by atoms with Crippen LogP contribution in [-0.2, 0) is 24.4 Å². The topological polar surface area (TPSA) is 115 Å². The molecule has 5 N–H and O–H groups in total. The zero-order chi connectivity index (χ0) is 17.3. The highest BCUT2D eigenvalue weighted by molar-refractivity contribution is 5.82. The molecule has 128 valence electrons. The Balaban J connectivity index is 1.81. The first-order valence-corrected chi connectivity index (χ1v) is 8.00. The van der Waals surface area contributed by atoms with E-state index >= 15 is 0 Å². The molecule has 3 rings (SSSR count). The molecule has 1 amide bonds. The first-order chi connectivity index (χ1) is 11.5. The summed E-state index contributed by atoms with van der Waals surface area (Å²) in [6.07, 6.45) is -0.235. The molecular formula is C17H22N4O3. The van der Waals surface area contributed by atoms with E-state index in [0.29, 0.717) is 19.5 Å². The highest BCUT2D eigenvalue weighted by atomic mass is 16.3. The number of aromatic nitrogens is 2. The lowest BCUT2D eigenvalue weighted by Gasteiger charge is -2.29. The summed E-state index contributed by atoms with van der Waals surface area (Å²) in [6, 6.07) is 6.63. The minimum absolute atomic E-state index is 0.0201. The number of rotatable bonds is 4. The average Bonchev–Trinajstić information content (AvgIpc) is 3.03. The predicted octanol–water partition coefficient (Wildman–Crippen LogP) is 0.162. The van der Waals surface area contributed by atoms with Crippen molar-refractivity contribution in [3.05, 3.63) is 41.2 Å². The molecule has 0 bridgehead atoms. The predicted molar refractivity (Wildman–Crippen MR) is 88.7 cm³/mol. The Hall–Kier alpha value is -2.22. The number of carbonyl (C=O) groups is 1. The normalized spacial score (nSPS) is 16.6. The number of nitrogens with one attached hydrogen (secondary N) is 1. The van der Waals surface area contributed by atoms with Gasteiger partial charge in [0.15, 0.2) is 0 Å². The van der Waals surface area contributed by atoms with Crippen LogP contribution in [0.1, 0.15) is 23.9 Å². The van der Waals surface area contributed by atoms with Gasteiger partial charge >= 0.3 is 0 Å². The molecule has 0 aliphatic carbocycles. The molecule has 1 aliphatic rings. The molecule has 2 heterocycles. The monoisotopic (exact) mass is 330 g/mol. The number of H-pyrrole nitrogens is 1. The Morgan fingerprint density at radius 3 is 3.00 bits per heavy atom. The van der Waals surface area contributed by atoms with Crippen LogP contribution >= 0.6 is 0 Å². The van der Waals surface area contributed by atoms with Crippen LogP contribution in [0.25, 0.3) is 11.4 Å². The minimum atomic E-state index is -0.907. The lowest BCUT2D eigenvalue weighted by Crippen LogP contribution is -2.50. The van der Waals surface area contributed by atoms with Gasteiger partial charge in [-0.15, -0.1) is 0 Å². The van der Waals surface area contributed by atoms with Crippen molar-refractivity contribution in [3.8, 4) is 11.4 Å². The summed E-state index contributed by atoms with van der Waals surface area (Å²) in [4.78, 5) is 21.8. The number of aliphatic hydroxyl groups excluding tert-OH is 2. The van der Waals surface area contributed by atoms with Gasteiger partial charge in [0, 0.05) is 18.5 Å². The largest absolute Gasteiger partial charge is 0.392 e. The number of aromatic amines is 1. The summed E-state index contributed by atoms with van der Waals surface area (Å²) in [5, 5.41) is 18.8. The van der Waals surface area contributed by atoms with Crippen LogP contribution in [0.2, 0.25) is 0 Å². The Morgan fingerprint density at radius 1 is 1.50 bits per heavy atom. The van der Waals surface area contributed by atoms with Crippen molar-refractivity contribution in [2.24, 2.45) is 5.73 Å². The van der Waals surface area contributed by atoms with Gasteiger partial charge < -0.3 is 25.8 Å². The summed E-state index contributed by atoms with van der Waals surface area (Å²) in [6.45, 7) is 2.43. The number of hydrogen-bond donors (Lipinski definition) is 4. The molecule has 1 aliphatic heterocycles. The van der Waals surface area contributed by atoms with Gasteiger partial charge in [-0.05, 0) is 18.6 Å². The number of hydrogen-bond acceptors (Lipinski definition) is 5. The van der Waals surface area contributed by atoms with E-state index in [9.17, 15) is 15.0 Å². The summed E-state index contributed by atoms with van der Waals surface area (Å²) in [7, 11) is 0. The third-order valence-corrected chi connectivity index (χ3v) is 4.33. The summed E-state index contributed by atoms with van der Waals surface area (Å²) in [5.41, 5.74) is 9.29. The van der Waals surface area contributed by atoms with Crippen LogP contribution in [0.5, 0.6) is 0 Å². The van der Waals surface area contributed by atoms with Gasteiger partial charge in [0.25, 0.3) is 0 Å². The van der Waals surface area contributed by atoms with Gasteiger partial charge in [0.1, 0.15) is 11.9 Å². The number of imidazole rings is 1. The lowest BCUT2D eigenvalue weighted by molar-refractivity contribution is -0.135. The van der Waals surface area contributed by atoms with Gasteiger partial charge in [-0.2, -0.15) is 0 Å². The van der Waals surface area contributed by atoms with E-state index in [1.54, 1.807) is 4.90 Å². The number of amides is 1. The first kappa shape index (κ1) is 16.6. The van der Waals surface area contributed by atoms with E-state index in [2.05, 4.69) is 9.97 Å². The summed E-state index contributed by atoms with van der Waals surface area (Å²) in [5.74, 6) is 0.471. The van der Waals surface area contributed by atoms with Gasteiger partial charge in [-0.25, -0.2) is 4.98 Å². The maximum absolute atomic E-state index is 12.3. The number of benzene rings is 1. The van der Waals surface area contributed by atoms with Gasteiger partial charge in [-0.3, -0.25) is 4.79 Å². The minimum Gasteiger partial charge on any atom is -0.392 e. The van der Waals surface area contributed by atoms with Gasteiger partial charge in [0.2, 0.25) is 5.91 Å². The maximum Gasteiger partial charge on any atom is 0.242 e. The van der Waals surface area contributed by atoms with Crippen molar-refractivity contribution in [1.82, 2.24) is 14.9 Å². The van der Waals surface area contributed by atoms with Crippen molar-refractivity contribution in [2.45, 2.75) is 38.6 Å². The second kappa shape index (κ2) is 6.72. The number of nitrogens with zero attached hydrogens (tertiary/aromatic N) is 2. The van der Waals surface area contributed by atoms with Crippen molar-refractivity contribution >= 4 is 5.91 Å². The summed E-state index contributed by atoms with van der Waals surface area (Å²) >= 11 is 0. The Kier molecular flexibility index (Phi) is 4.66. The van der Waals surface area contributed by atoms with E-state index in [0.717, 1.165) is 28.3 Å². The molecule has 0 fully saturated rings. The van der Waals surface area contributed by atoms with Crippen LogP contribution in [0.3, 0.4) is 0 Å². The van der Waals surface area contributed by atoms with E-state index in [1.807, 2.05) is 24.3 Å². The molecule has 7 heteroatoms. The number of aliphatic hydroxyl groups is 2. The molecule has 0 radical (unpaired) electrons.